The molecule has 1 atom stereocenters. The Balaban J connectivity index is 1.62. The summed E-state index contributed by atoms with van der Waals surface area (Å²) in [5, 5.41) is 1.01. The fourth-order valence-corrected chi connectivity index (χ4v) is 5.96. The molecule has 2 aromatic carbocycles. The molecule has 0 saturated heterocycles. The van der Waals surface area contributed by atoms with Crippen LogP contribution in [-0.4, -0.2) is 24.4 Å². The number of rotatable bonds is 5. The zero-order chi connectivity index (χ0) is 26.4. The first-order chi connectivity index (χ1) is 17.6. The van der Waals surface area contributed by atoms with E-state index in [1.165, 1.54) is 18.3 Å². The van der Waals surface area contributed by atoms with Crippen LogP contribution >= 0.6 is 34.5 Å². The van der Waals surface area contributed by atoms with Crippen molar-refractivity contribution in [1.82, 2.24) is 4.57 Å². The van der Waals surface area contributed by atoms with Crippen LogP contribution < -0.4 is 19.8 Å². The second-order valence-corrected chi connectivity index (χ2v) is 10.8. The number of halogens is 2. The minimum atomic E-state index is -0.563. The van der Waals surface area contributed by atoms with E-state index in [-0.39, 0.29) is 11.3 Å². The Labute approximate surface area is 227 Å². The predicted octanol–water partition coefficient (Wildman–Crippen LogP) is 5.46. The van der Waals surface area contributed by atoms with Crippen LogP contribution in [0.4, 0.5) is 5.69 Å². The number of carbonyl (C=O) groups excluding carboxylic acids is 1. The Bertz CT molecular complexity index is 1740. The molecule has 0 unspecified atom stereocenters. The Morgan fingerprint density at radius 1 is 1.11 bits per heavy atom. The standard InChI is InChI=1S/C28H23Cl2N3O3S/c1-15-25(16(2)34)26(17-5-8-19(9-6-17)32(3)4)33-27(35)24(37-28(33)31-15)14-20-10-12-23(36-20)21-11-7-18(29)13-22(21)30/h5-14,26H,1-4H3/b24-14+/t26-/m1/s1. The van der Waals surface area contributed by atoms with Crippen molar-refractivity contribution in [1.29, 1.82) is 0 Å². The molecule has 0 saturated carbocycles. The molecule has 4 aromatic rings. The topological polar surface area (TPSA) is 67.8 Å². The molecular weight excluding hydrogens is 529 g/mol. The summed E-state index contributed by atoms with van der Waals surface area (Å²) in [7, 11) is 3.92. The monoisotopic (exact) mass is 551 g/mol. The maximum Gasteiger partial charge on any atom is 0.271 e. The fraction of sp³-hybridized carbons (Fsp3) is 0.179. The number of thiazole rings is 1. The largest absolute Gasteiger partial charge is 0.457 e. The van der Waals surface area contributed by atoms with E-state index < -0.39 is 6.04 Å². The van der Waals surface area contributed by atoms with Crippen LogP contribution in [0.15, 0.2) is 80.1 Å². The molecule has 0 amide bonds. The van der Waals surface area contributed by atoms with Crippen LogP contribution in [0.25, 0.3) is 17.4 Å². The van der Waals surface area contributed by atoms with Gasteiger partial charge >= 0.3 is 0 Å². The summed E-state index contributed by atoms with van der Waals surface area (Å²) in [5.74, 6) is 0.947. The fourth-order valence-electron chi connectivity index (χ4n) is 4.43. The Hall–Kier alpha value is -3.39. The highest BCUT2D eigenvalue weighted by atomic mass is 35.5. The lowest BCUT2D eigenvalue weighted by Gasteiger charge is -2.25. The number of allylic oxidation sites excluding steroid dienone is 2. The van der Waals surface area contributed by atoms with Crippen molar-refractivity contribution in [2.45, 2.75) is 19.9 Å². The van der Waals surface area contributed by atoms with Gasteiger partial charge in [-0.25, -0.2) is 4.99 Å². The second-order valence-electron chi connectivity index (χ2n) is 8.95. The maximum atomic E-state index is 13.7. The third-order valence-electron chi connectivity index (χ3n) is 6.22. The lowest BCUT2D eigenvalue weighted by atomic mass is 9.93. The first kappa shape index (κ1) is 25.3. The van der Waals surface area contributed by atoms with E-state index in [1.54, 1.807) is 41.0 Å². The van der Waals surface area contributed by atoms with Crippen LogP contribution in [0.2, 0.25) is 10.0 Å². The summed E-state index contributed by atoms with van der Waals surface area (Å²) in [5.41, 5.74) is 3.45. The molecule has 0 N–H and O–H groups in total. The highest BCUT2D eigenvalue weighted by molar-refractivity contribution is 7.07. The molecule has 1 aliphatic heterocycles. The number of furan rings is 1. The van der Waals surface area contributed by atoms with Crippen molar-refractivity contribution in [2.75, 3.05) is 19.0 Å². The van der Waals surface area contributed by atoms with Gasteiger partial charge in [0.15, 0.2) is 10.6 Å². The number of anilines is 1. The molecule has 3 heterocycles. The summed E-state index contributed by atoms with van der Waals surface area (Å²) >= 11 is 13.6. The van der Waals surface area contributed by atoms with Gasteiger partial charge in [-0.2, -0.15) is 0 Å². The molecule has 9 heteroatoms. The molecule has 6 nitrogen and oxygen atoms in total. The number of hydrogen-bond donors (Lipinski definition) is 0. The third kappa shape index (κ3) is 4.70. The van der Waals surface area contributed by atoms with Crippen molar-refractivity contribution in [3.8, 4) is 11.3 Å². The minimum absolute atomic E-state index is 0.118. The van der Waals surface area contributed by atoms with E-state index in [1.807, 2.05) is 50.2 Å². The molecule has 0 spiro atoms. The molecule has 1 aliphatic rings. The smallest absolute Gasteiger partial charge is 0.271 e. The van der Waals surface area contributed by atoms with Gasteiger partial charge < -0.3 is 9.32 Å². The van der Waals surface area contributed by atoms with Gasteiger partial charge in [0, 0.05) is 47.7 Å². The van der Waals surface area contributed by atoms with Crippen molar-refractivity contribution in [3.63, 3.8) is 0 Å². The predicted molar refractivity (Wildman–Crippen MR) is 149 cm³/mol. The molecule has 0 bridgehead atoms. The average molecular weight is 552 g/mol. The summed E-state index contributed by atoms with van der Waals surface area (Å²) in [6.45, 7) is 3.32. The quantitative estimate of drug-likeness (QED) is 0.330. The lowest BCUT2D eigenvalue weighted by molar-refractivity contribution is -0.114. The van der Waals surface area contributed by atoms with Gasteiger partial charge in [0.05, 0.1) is 15.6 Å². The van der Waals surface area contributed by atoms with E-state index in [4.69, 9.17) is 27.6 Å². The Morgan fingerprint density at radius 3 is 2.49 bits per heavy atom. The number of ketones is 1. The van der Waals surface area contributed by atoms with E-state index in [2.05, 4.69) is 4.99 Å². The molecule has 5 rings (SSSR count). The number of Topliss-reactive ketones (excluding diaryl/α,β-unsaturated/α-hetero) is 1. The van der Waals surface area contributed by atoms with Gasteiger partial charge in [-0.05, 0) is 61.9 Å². The number of hydrogen-bond acceptors (Lipinski definition) is 6. The summed E-state index contributed by atoms with van der Waals surface area (Å²) in [6, 6.07) is 16.0. The van der Waals surface area contributed by atoms with Crippen LogP contribution in [0.3, 0.4) is 0 Å². The number of fused-ring (bicyclic) bond motifs is 1. The minimum Gasteiger partial charge on any atom is -0.457 e. The van der Waals surface area contributed by atoms with Crippen LogP contribution in [-0.2, 0) is 4.79 Å². The molecule has 188 valence electrons. The van der Waals surface area contributed by atoms with Gasteiger partial charge in [0.1, 0.15) is 11.5 Å². The molecule has 0 radical (unpaired) electrons. The number of carbonyl (C=O) groups is 1. The summed E-state index contributed by atoms with van der Waals surface area (Å²) < 4.78 is 8.04. The van der Waals surface area contributed by atoms with E-state index in [0.717, 1.165) is 11.3 Å². The average Bonchev–Trinajstić information content (AvgIpc) is 3.42. The lowest BCUT2D eigenvalue weighted by Crippen LogP contribution is -2.39. The first-order valence-corrected chi connectivity index (χ1v) is 13.1. The first-order valence-electron chi connectivity index (χ1n) is 11.5. The molecule has 0 aliphatic carbocycles. The maximum absolute atomic E-state index is 13.7. The van der Waals surface area contributed by atoms with Gasteiger partial charge in [-0.3, -0.25) is 14.2 Å². The summed E-state index contributed by atoms with van der Waals surface area (Å²) in [6.07, 6.45) is 1.69. The SMILES string of the molecule is CC(=O)C1=C(C)N=c2s/c(=C/c3ccc(-c4ccc(Cl)cc4Cl)o3)c(=O)n2[C@@H]1c1ccc(N(C)C)cc1. The van der Waals surface area contributed by atoms with Gasteiger partial charge in [0.25, 0.3) is 5.56 Å². The summed E-state index contributed by atoms with van der Waals surface area (Å²) in [4.78, 5) is 33.5. The van der Waals surface area contributed by atoms with E-state index in [9.17, 15) is 9.59 Å². The van der Waals surface area contributed by atoms with Crippen LogP contribution in [0.5, 0.6) is 0 Å². The second kappa shape index (κ2) is 9.82. The number of nitrogens with zero attached hydrogens (tertiary/aromatic N) is 3. The highest BCUT2D eigenvalue weighted by Crippen LogP contribution is 2.33. The number of benzene rings is 2. The van der Waals surface area contributed by atoms with E-state index >= 15 is 0 Å². The van der Waals surface area contributed by atoms with E-state index in [0.29, 0.717) is 47.7 Å². The van der Waals surface area contributed by atoms with Crippen molar-refractivity contribution >= 4 is 52.1 Å². The zero-order valence-electron chi connectivity index (χ0n) is 20.6. The van der Waals surface area contributed by atoms with Gasteiger partial charge in [-0.1, -0.05) is 46.7 Å². The van der Waals surface area contributed by atoms with Crippen LogP contribution in [0.1, 0.15) is 31.2 Å². The Morgan fingerprint density at radius 2 is 1.84 bits per heavy atom. The van der Waals surface area contributed by atoms with Gasteiger partial charge in [-0.15, -0.1) is 0 Å². The normalized spacial score (nSPS) is 15.5. The van der Waals surface area contributed by atoms with Crippen molar-refractivity contribution in [3.05, 3.63) is 107 Å². The third-order valence-corrected chi connectivity index (χ3v) is 7.75. The molecule has 37 heavy (non-hydrogen) atoms. The van der Waals surface area contributed by atoms with Crippen LogP contribution in [0, 0.1) is 0 Å². The van der Waals surface area contributed by atoms with Crippen molar-refractivity contribution < 1.29 is 9.21 Å². The number of aromatic nitrogens is 1. The molecule has 0 fully saturated rings. The van der Waals surface area contributed by atoms with Gasteiger partial charge in [0.2, 0.25) is 0 Å². The highest BCUT2D eigenvalue weighted by Gasteiger charge is 2.30. The molecule has 2 aromatic heterocycles. The molecular formula is C28H23Cl2N3O3S. The van der Waals surface area contributed by atoms with Crippen molar-refractivity contribution in [2.24, 2.45) is 4.99 Å². The Kier molecular flexibility index (Phi) is 6.70. The zero-order valence-corrected chi connectivity index (χ0v) is 22.9.